The molecule has 0 heterocycles. The van der Waals surface area contributed by atoms with Crippen molar-refractivity contribution in [2.45, 2.75) is 25.0 Å². The molecular weight excluding hydrogens is 255 g/mol. The van der Waals surface area contributed by atoms with Gasteiger partial charge in [0.1, 0.15) is 0 Å². The van der Waals surface area contributed by atoms with E-state index in [1.165, 1.54) is 24.9 Å². The number of para-hydroxylation sites is 1. The summed E-state index contributed by atoms with van der Waals surface area (Å²) >= 11 is 1.46. The minimum atomic E-state index is -0.355. The van der Waals surface area contributed by atoms with Crippen LogP contribution in [-0.4, -0.2) is 32.4 Å². The number of hydrogen-bond donors (Lipinski definition) is 0. The van der Waals surface area contributed by atoms with Crippen LogP contribution in [0, 0.1) is 5.82 Å². The third-order valence-electron chi connectivity index (χ3n) is 2.22. The highest BCUT2D eigenvalue weighted by Crippen LogP contribution is 2.32. The van der Waals surface area contributed by atoms with E-state index in [-0.39, 0.29) is 17.9 Å². The molecule has 0 N–H and O–H groups in total. The quantitative estimate of drug-likeness (QED) is 0.537. The molecule has 0 unspecified atom stereocenters. The van der Waals surface area contributed by atoms with Gasteiger partial charge in [0.15, 0.2) is 17.9 Å². The molecule has 18 heavy (non-hydrogen) atoms. The van der Waals surface area contributed by atoms with Crippen LogP contribution in [0.5, 0.6) is 5.75 Å². The molecule has 5 heteroatoms. The highest BCUT2D eigenvalue weighted by molar-refractivity contribution is 7.99. The fraction of sp³-hybridized carbons (Fsp3) is 0.538. The molecule has 0 saturated carbocycles. The Kier molecular flexibility index (Phi) is 7.08. The van der Waals surface area contributed by atoms with Gasteiger partial charge in [0.2, 0.25) is 0 Å². The van der Waals surface area contributed by atoms with Gasteiger partial charge in [-0.25, -0.2) is 4.39 Å². The van der Waals surface area contributed by atoms with Crippen molar-refractivity contribution in [3.8, 4) is 5.75 Å². The first kappa shape index (κ1) is 15.3. The smallest absolute Gasteiger partial charge is 0.168 e. The molecule has 0 bridgehead atoms. The van der Waals surface area contributed by atoms with Gasteiger partial charge < -0.3 is 14.2 Å². The van der Waals surface area contributed by atoms with Gasteiger partial charge in [0.05, 0.1) is 12.0 Å². The molecule has 1 rings (SSSR count). The summed E-state index contributed by atoms with van der Waals surface area (Å²) in [7, 11) is 1.46. The van der Waals surface area contributed by atoms with Crippen LogP contribution in [0.1, 0.15) is 13.8 Å². The van der Waals surface area contributed by atoms with Crippen LogP contribution in [0.4, 0.5) is 4.39 Å². The summed E-state index contributed by atoms with van der Waals surface area (Å²) in [5, 5.41) is 0. The second-order valence-electron chi connectivity index (χ2n) is 3.42. The van der Waals surface area contributed by atoms with E-state index in [9.17, 15) is 4.39 Å². The summed E-state index contributed by atoms with van der Waals surface area (Å²) in [6, 6.07) is 4.86. The van der Waals surface area contributed by atoms with E-state index in [2.05, 4.69) is 0 Å². The summed E-state index contributed by atoms with van der Waals surface area (Å²) in [4.78, 5) is 0.752. The Bertz CT molecular complexity index is 354. The summed E-state index contributed by atoms with van der Waals surface area (Å²) in [6.07, 6.45) is -0.280. The standard InChI is InChI=1S/C13H19FO3S/c1-4-16-12(17-5-2)9-18-11-8-6-7-10(14)13(11)15-3/h6-8,12H,4-5,9H2,1-3H3. The lowest BCUT2D eigenvalue weighted by Gasteiger charge is -2.17. The first-order valence-electron chi connectivity index (χ1n) is 5.91. The number of ether oxygens (including phenoxy) is 3. The third-order valence-corrected chi connectivity index (χ3v) is 3.29. The first-order valence-corrected chi connectivity index (χ1v) is 6.89. The molecule has 0 aliphatic rings. The number of rotatable bonds is 8. The normalized spacial score (nSPS) is 10.9. The van der Waals surface area contributed by atoms with Gasteiger partial charge in [-0.05, 0) is 26.0 Å². The summed E-state index contributed by atoms with van der Waals surface area (Å²) in [5.74, 6) is 0.516. The molecular formula is C13H19FO3S. The van der Waals surface area contributed by atoms with E-state index in [1.807, 2.05) is 19.9 Å². The second kappa shape index (κ2) is 8.34. The van der Waals surface area contributed by atoms with Crippen molar-refractivity contribution in [3.05, 3.63) is 24.0 Å². The maximum atomic E-state index is 13.5. The molecule has 0 radical (unpaired) electrons. The maximum Gasteiger partial charge on any atom is 0.168 e. The highest BCUT2D eigenvalue weighted by Gasteiger charge is 2.13. The molecule has 0 aliphatic heterocycles. The van der Waals surface area contributed by atoms with Crippen molar-refractivity contribution in [1.82, 2.24) is 0 Å². The van der Waals surface area contributed by atoms with Gasteiger partial charge in [-0.15, -0.1) is 11.8 Å². The first-order chi connectivity index (χ1) is 8.72. The topological polar surface area (TPSA) is 27.7 Å². The predicted molar refractivity (Wildman–Crippen MR) is 70.7 cm³/mol. The monoisotopic (exact) mass is 274 g/mol. The Labute approximate surface area is 112 Å². The Balaban J connectivity index is 2.63. The predicted octanol–water partition coefficient (Wildman–Crippen LogP) is 3.33. The molecule has 0 aromatic heterocycles. The molecule has 0 fully saturated rings. The number of halogens is 1. The van der Waals surface area contributed by atoms with Gasteiger partial charge in [-0.2, -0.15) is 0 Å². The fourth-order valence-electron chi connectivity index (χ4n) is 1.47. The zero-order chi connectivity index (χ0) is 13.4. The maximum absolute atomic E-state index is 13.5. The molecule has 3 nitrogen and oxygen atoms in total. The summed E-state index contributed by atoms with van der Waals surface area (Å²) in [5.41, 5.74) is 0. The molecule has 0 amide bonds. The largest absolute Gasteiger partial charge is 0.492 e. The Hall–Kier alpha value is -0.780. The van der Waals surface area contributed by atoms with Crippen molar-refractivity contribution < 1.29 is 18.6 Å². The zero-order valence-electron chi connectivity index (χ0n) is 10.9. The van der Waals surface area contributed by atoms with Crippen molar-refractivity contribution in [2.24, 2.45) is 0 Å². The Morgan fingerprint density at radius 3 is 2.44 bits per heavy atom. The SMILES string of the molecule is CCOC(CSc1cccc(F)c1OC)OCC. The van der Waals surface area contributed by atoms with Crippen LogP contribution in [0.25, 0.3) is 0 Å². The number of hydrogen-bond acceptors (Lipinski definition) is 4. The molecule has 1 aromatic rings. The van der Waals surface area contributed by atoms with Gasteiger partial charge in [0, 0.05) is 19.0 Å². The lowest BCUT2D eigenvalue weighted by Crippen LogP contribution is -2.20. The van der Waals surface area contributed by atoms with E-state index in [4.69, 9.17) is 14.2 Å². The number of benzene rings is 1. The van der Waals surface area contributed by atoms with Crippen molar-refractivity contribution in [1.29, 1.82) is 0 Å². The van der Waals surface area contributed by atoms with Crippen molar-refractivity contribution in [2.75, 3.05) is 26.1 Å². The molecule has 1 aromatic carbocycles. The third kappa shape index (κ3) is 4.48. The molecule has 0 spiro atoms. The van der Waals surface area contributed by atoms with Crippen LogP contribution in [0.15, 0.2) is 23.1 Å². The lowest BCUT2D eigenvalue weighted by molar-refractivity contribution is -0.120. The Morgan fingerprint density at radius 1 is 1.22 bits per heavy atom. The minimum absolute atomic E-state index is 0.272. The van der Waals surface area contributed by atoms with Gasteiger partial charge >= 0.3 is 0 Å². The van der Waals surface area contributed by atoms with Crippen LogP contribution in [-0.2, 0) is 9.47 Å². The van der Waals surface area contributed by atoms with Crippen molar-refractivity contribution in [3.63, 3.8) is 0 Å². The summed E-state index contributed by atoms with van der Waals surface area (Å²) < 4.78 is 29.4. The van der Waals surface area contributed by atoms with Crippen LogP contribution >= 0.6 is 11.8 Å². The summed E-state index contributed by atoms with van der Waals surface area (Å²) in [6.45, 7) is 5.01. The van der Waals surface area contributed by atoms with E-state index in [0.29, 0.717) is 19.0 Å². The van der Waals surface area contributed by atoms with E-state index in [1.54, 1.807) is 6.07 Å². The number of thioether (sulfide) groups is 1. The fourth-order valence-corrected chi connectivity index (χ4v) is 2.47. The number of methoxy groups -OCH3 is 1. The van der Waals surface area contributed by atoms with Gasteiger partial charge in [-0.3, -0.25) is 0 Å². The zero-order valence-corrected chi connectivity index (χ0v) is 11.8. The molecule has 0 atom stereocenters. The molecule has 0 aliphatic carbocycles. The Morgan fingerprint density at radius 2 is 1.89 bits per heavy atom. The van der Waals surface area contributed by atoms with Gasteiger partial charge in [-0.1, -0.05) is 6.07 Å². The molecule has 0 saturated heterocycles. The van der Waals surface area contributed by atoms with Crippen LogP contribution in [0.2, 0.25) is 0 Å². The average Bonchev–Trinajstić information content (AvgIpc) is 2.36. The van der Waals surface area contributed by atoms with Crippen LogP contribution < -0.4 is 4.74 Å². The minimum Gasteiger partial charge on any atom is -0.492 e. The van der Waals surface area contributed by atoms with E-state index >= 15 is 0 Å². The van der Waals surface area contributed by atoms with Crippen LogP contribution in [0.3, 0.4) is 0 Å². The lowest BCUT2D eigenvalue weighted by atomic mass is 10.3. The van der Waals surface area contributed by atoms with Crippen molar-refractivity contribution >= 4 is 11.8 Å². The van der Waals surface area contributed by atoms with Gasteiger partial charge in [0.25, 0.3) is 0 Å². The average molecular weight is 274 g/mol. The van der Waals surface area contributed by atoms with E-state index < -0.39 is 0 Å². The van der Waals surface area contributed by atoms with E-state index in [0.717, 1.165) is 4.90 Å². The molecule has 102 valence electrons. The second-order valence-corrected chi connectivity index (χ2v) is 4.48. The highest BCUT2D eigenvalue weighted by atomic mass is 32.2.